The SMILES string of the molecule is CC(C)CNCc1ccnc(Oc2ccc(Cl)cc2)c1. The smallest absolute Gasteiger partial charge is 0.219 e. The molecule has 4 heteroatoms. The van der Waals surface area contributed by atoms with E-state index in [1.165, 1.54) is 0 Å². The second kappa shape index (κ2) is 7.27. The molecule has 1 aromatic heterocycles. The van der Waals surface area contributed by atoms with Gasteiger partial charge < -0.3 is 10.1 Å². The Kier molecular flexibility index (Phi) is 5.39. The quantitative estimate of drug-likeness (QED) is 0.862. The minimum atomic E-state index is 0.594. The number of nitrogens with one attached hydrogen (secondary N) is 1. The summed E-state index contributed by atoms with van der Waals surface area (Å²) in [5.74, 6) is 1.96. The molecule has 0 spiro atoms. The summed E-state index contributed by atoms with van der Waals surface area (Å²) in [4.78, 5) is 4.22. The predicted molar refractivity (Wildman–Crippen MR) is 82.3 cm³/mol. The third-order valence-corrected chi connectivity index (χ3v) is 2.97. The van der Waals surface area contributed by atoms with Crippen molar-refractivity contribution in [2.24, 2.45) is 5.92 Å². The van der Waals surface area contributed by atoms with Crippen LogP contribution in [0.25, 0.3) is 0 Å². The maximum absolute atomic E-state index is 5.84. The highest BCUT2D eigenvalue weighted by atomic mass is 35.5. The van der Waals surface area contributed by atoms with Gasteiger partial charge in [-0.15, -0.1) is 0 Å². The summed E-state index contributed by atoms with van der Waals surface area (Å²) in [5.41, 5.74) is 1.16. The van der Waals surface area contributed by atoms with Gasteiger partial charge in [-0.2, -0.15) is 0 Å². The Morgan fingerprint density at radius 3 is 2.65 bits per heavy atom. The van der Waals surface area contributed by atoms with Crippen LogP contribution in [0.2, 0.25) is 5.02 Å². The Bertz CT molecular complexity index is 540. The molecule has 2 rings (SSSR count). The van der Waals surface area contributed by atoms with Crippen molar-refractivity contribution in [2.75, 3.05) is 6.54 Å². The second-order valence-corrected chi connectivity index (χ2v) is 5.52. The highest BCUT2D eigenvalue weighted by Gasteiger charge is 2.01. The van der Waals surface area contributed by atoms with Crippen LogP contribution in [0.4, 0.5) is 0 Å². The number of hydrogen-bond acceptors (Lipinski definition) is 3. The number of halogens is 1. The minimum absolute atomic E-state index is 0.594. The van der Waals surface area contributed by atoms with Crippen LogP contribution in [0.5, 0.6) is 11.6 Å². The topological polar surface area (TPSA) is 34.2 Å². The summed E-state index contributed by atoms with van der Waals surface area (Å²) in [6.45, 7) is 6.19. The Morgan fingerprint density at radius 2 is 1.95 bits per heavy atom. The second-order valence-electron chi connectivity index (χ2n) is 5.08. The van der Waals surface area contributed by atoms with Crippen molar-refractivity contribution in [1.82, 2.24) is 10.3 Å². The lowest BCUT2D eigenvalue weighted by Crippen LogP contribution is -2.18. The molecule has 0 fully saturated rings. The molecular weight excluding hydrogens is 272 g/mol. The molecule has 0 unspecified atom stereocenters. The average Bonchev–Trinajstić information content (AvgIpc) is 2.41. The first kappa shape index (κ1) is 14.8. The Hall–Kier alpha value is -1.58. The third kappa shape index (κ3) is 4.83. The summed E-state index contributed by atoms with van der Waals surface area (Å²) in [6.07, 6.45) is 1.76. The highest BCUT2D eigenvalue weighted by molar-refractivity contribution is 6.30. The van der Waals surface area contributed by atoms with Gasteiger partial charge >= 0.3 is 0 Å². The first-order valence-electron chi connectivity index (χ1n) is 6.72. The van der Waals surface area contributed by atoms with Gasteiger partial charge in [0.05, 0.1) is 0 Å². The molecule has 0 saturated heterocycles. The number of rotatable bonds is 6. The zero-order valence-corrected chi connectivity index (χ0v) is 12.5. The van der Waals surface area contributed by atoms with E-state index in [4.69, 9.17) is 16.3 Å². The maximum Gasteiger partial charge on any atom is 0.219 e. The van der Waals surface area contributed by atoms with Crippen LogP contribution >= 0.6 is 11.6 Å². The van der Waals surface area contributed by atoms with E-state index >= 15 is 0 Å². The van der Waals surface area contributed by atoms with Crippen molar-refractivity contribution in [1.29, 1.82) is 0 Å². The van der Waals surface area contributed by atoms with Gasteiger partial charge in [-0.25, -0.2) is 4.98 Å². The molecule has 1 N–H and O–H groups in total. The van der Waals surface area contributed by atoms with E-state index in [0.717, 1.165) is 24.4 Å². The molecular formula is C16H19ClN2O. The minimum Gasteiger partial charge on any atom is -0.439 e. The number of ether oxygens (including phenoxy) is 1. The zero-order valence-electron chi connectivity index (χ0n) is 11.8. The molecule has 0 radical (unpaired) electrons. The van der Waals surface area contributed by atoms with Crippen molar-refractivity contribution < 1.29 is 4.74 Å². The molecule has 0 saturated carbocycles. The maximum atomic E-state index is 5.84. The molecule has 3 nitrogen and oxygen atoms in total. The molecule has 0 aliphatic carbocycles. The number of nitrogens with zero attached hydrogens (tertiary/aromatic N) is 1. The molecule has 0 aliphatic heterocycles. The van der Waals surface area contributed by atoms with E-state index in [2.05, 4.69) is 24.1 Å². The van der Waals surface area contributed by atoms with Gasteiger partial charge in [-0.1, -0.05) is 25.4 Å². The summed E-state index contributed by atoms with van der Waals surface area (Å²) in [7, 11) is 0. The van der Waals surface area contributed by atoms with Crippen molar-refractivity contribution in [2.45, 2.75) is 20.4 Å². The molecule has 106 valence electrons. The Balaban J connectivity index is 1.96. The molecule has 1 heterocycles. The molecule has 0 amide bonds. The van der Waals surface area contributed by atoms with Crippen LogP contribution in [0.15, 0.2) is 42.6 Å². The van der Waals surface area contributed by atoms with E-state index in [9.17, 15) is 0 Å². The lowest BCUT2D eigenvalue weighted by atomic mass is 10.2. The molecule has 0 aliphatic rings. The summed E-state index contributed by atoms with van der Waals surface area (Å²) >= 11 is 5.84. The summed E-state index contributed by atoms with van der Waals surface area (Å²) in [5, 5.41) is 4.09. The zero-order chi connectivity index (χ0) is 14.4. The standard InChI is InChI=1S/C16H19ClN2O/c1-12(2)10-18-11-13-7-8-19-16(9-13)20-15-5-3-14(17)4-6-15/h3-9,12,18H,10-11H2,1-2H3. The third-order valence-electron chi connectivity index (χ3n) is 2.72. The van der Waals surface area contributed by atoms with Gasteiger partial charge in [0.2, 0.25) is 5.88 Å². The van der Waals surface area contributed by atoms with Crippen LogP contribution in [0.1, 0.15) is 19.4 Å². The van der Waals surface area contributed by atoms with Crippen LogP contribution in [-0.2, 0) is 6.54 Å². The fraction of sp³-hybridized carbons (Fsp3) is 0.312. The lowest BCUT2D eigenvalue weighted by Gasteiger charge is -2.09. The van der Waals surface area contributed by atoms with Crippen molar-refractivity contribution in [3.05, 3.63) is 53.2 Å². The van der Waals surface area contributed by atoms with Crippen LogP contribution in [0.3, 0.4) is 0 Å². The van der Waals surface area contributed by atoms with E-state index in [0.29, 0.717) is 16.8 Å². The number of hydrogen-bond donors (Lipinski definition) is 1. The monoisotopic (exact) mass is 290 g/mol. The average molecular weight is 291 g/mol. The van der Waals surface area contributed by atoms with E-state index < -0.39 is 0 Å². The van der Waals surface area contributed by atoms with Crippen molar-refractivity contribution >= 4 is 11.6 Å². The predicted octanol–water partition coefficient (Wildman–Crippen LogP) is 4.27. The molecule has 0 bridgehead atoms. The fourth-order valence-electron chi connectivity index (χ4n) is 1.74. The van der Waals surface area contributed by atoms with E-state index in [1.54, 1.807) is 18.3 Å². The number of benzene rings is 1. The summed E-state index contributed by atoms with van der Waals surface area (Å²) < 4.78 is 5.70. The van der Waals surface area contributed by atoms with Gasteiger partial charge in [-0.05, 0) is 48.4 Å². The van der Waals surface area contributed by atoms with Crippen LogP contribution < -0.4 is 10.1 Å². The normalized spacial score (nSPS) is 10.8. The van der Waals surface area contributed by atoms with E-state index in [-0.39, 0.29) is 0 Å². The van der Waals surface area contributed by atoms with Crippen LogP contribution in [-0.4, -0.2) is 11.5 Å². The van der Waals surface area contributed by atoms with Gasteiger partial charge in [0.25, 0.3) is 0 Å². The van der Waals surface area contributed by atoms with Crippen LogP contribution in [0, 0.1) is 5.92 Å². The molecule has 2 aromatic rings. The van der Waals surface area contributed by atoms with Gasteiger partial charge in [0.1, 0.15) is 5.75 Å². The fourth-order valence-corrected chi connectivity index (χ4v) is 1.87. The highest BCUT2D eigenvalue weighted by Crippen LogP contribution is 2.21. The largest absolute Gasteiger partial charge is 0.439 e. The first-order valence-corrected chi connectivity index (χ1v) is 7.10. The lowest BCUT2D eigenvalue weighted by molar-refractivity contribution is 0.461. The van der Waals surface area contributed by atoms with Gasteiger partial charge in [0.15, 0.2) is 0 Å². The Labute approximate surface area is 124 Å². The first-order chi connectivity index (χ1) is 9.63. The van der Waals surface area contributed by atoms with Crippen molar-refractivity contribution in [3.8, 4) is 11.6 Å². The number of aromatic nitrogens is 1. The number of pyridine rings is 1. The van der Waals surface area contributed by atoms with Gasteiger partial charge in [-0.3, -0.25) is 0 Å². The van der Waals surface area contributed by atoms with E-state index in [1.807, 2.05) is 24.3 Å². The Morgan fingerprint density at radius 1 is 1.20 bits per heavy atom. The summed E-state index contributed by atoms with van der Waals surface area (Å²) in [6, 6.07) is 11.2. The van der Waals surface area contributed by atoms with Gasteiger partial charge in [0, 0.05) is 23.8 Å². The van der Waals surface area contributed by atoms with Crippen molar-refractivity contribution in [3.63, 3.8) is 0 Å². The molecule has 0 atom stereocenters. The molecule has 20 heavy (non-hydrogen) atoms. The molecule has 1 aromatic carbocycles.